The average molecular weight is 368 g/mol. The maximum Gasteiger partial charge on any atom is 0.407 e. The fourth-order valence-electron chi connectivity index (χ4n) is 1.95. The predicted octanol–water partition coefficient (Wildman–Crippen LogP) is 4.14. The second-order valence-corrected chi connectivity index (χ2v) is 6.13. The van der Waals surface area contributed by atoms with Gasteiger partial charge in [0.1, 0.15) is 12.1 Å². The van der Waals surface area contributed by atoms with E-state index >= 15 is 0 Å². The van der Waals surface area contributed by atoms with Crippen LogP contribution in [-0.2, 0) is 4.79 Å². The lowest BCUT2D eigenvalue weighted by Crippen LogP contribution is -2.45. The van der Waals surface area contributed by atoms with Crippen molar-refractivity contribution in [2.24, 2.45) is 5.92 Å². The summed E-state index contributed by atoms with van der Waals surface area (Å²) in [6, 6.07) is 2.38. The van der Waals surface area contributed by atoms with Gasteiger partial charge in [0.25, 0.3) is 0 Å². The molecule has 1 rings (SSSR count). The Bertz CT molecular complexity index is 474. The molecule has 0 aromatic heterocycles. The number of halogens is 4. The van der Waals surface area contributed by atoms with Gasteiger partial charge in [-0.25, -0.2) is 0 Å². The second-order valence-electron chi connectivity index (χ2n) is 5.21. The zero-order chi connectivity index (χ0) is 16.2. The molecule has 21 heavy (non-hydrogen) atoms. The third-order valence-electron chi connectivity index (χ3n) is 2.90. The largest absolute Gasteiger partial charge is 0.480 e. The van der Waals surface area contributed by atoms with E-state index in [0.29, 0.717) is 4.47 Å². The monoisotopic (exact) mass is 367 g/mol. The fraction of sp³-hybridized carbons (Fsp3) is 0.500. The first-order chi connectivity index (χ1) is 9.61. The minimum Gasteiger partial charge on any atom is -0.480 e. The third-order valence-corrected chi connectivity index (χ3v) is 3.43. The van der Waals surface area contributed by atoms with Crippen molar-refractivity contribution in [1.29, 1.82) is 0 Å². The quantitative estimate of drug-likeness (QED) is 0.794. The number of benzene rings is 1. The highest BCUT2D eigenvalue weighted by Crippen LogP contribution is 2.34. The highest BCUT2D eigenvalue weighted by atomic mass is 79.9. The topological polar surface area (TPSA) is 49.3 Å². The van der Waals surface area contributed by atoms with Crippen LogP contribution >= 0.6 is 15.9 Å². The molecule has 1 aromatic carbocycles. The van der Waals surface area contributed by atoms with Gasteiger partial charge in [-0.15, -0.1) is 0 Å². The fourth-order valence-corrected chi connectivity index (χ4v) is 2.21. The van der Waals surface area contributed by atoms with Crippen LogP contribution < -0.4 is 5.32 Å². The summed E-state index contributed by atoms with van der Waals surface area (Å²) in [7, 11) is 0. The lowest BCUT2D eigenvalue weighted by atomic mass is 10.0. The van der Waals surface area contributed by atoms with E-state index in [2.05, 4.69) is 21.2 Å². The third kappa shape index (κ3) is 5.67. The Balaban J connectivity index is 3.03. The smallest absolute Gasteiger partial charge is 0.407 e. The molecule has 0 fully saturated rings. The number of rotatable bonds is 6. The maximum atomic E-state index is 13.2. The van der Waals surface area contributed by atoms with Crippen LogP contribution in [0.3, 0.4) is 0 Å². The van der Waals surface area contributed by atoms with Gasteiger partial charge in [0.2, 0.25) is 0 Å². The first-order valence-electron chi connectivity index (χ1n) is 6.42. The van der Waals surface area contributed by atoms with Gasteiger partial charge >= 0.3 is 12.1 Å². The number of hydrogen-bond acceptors (Lipinski definition) is 2. The maximum absolute atomic E-state index is 13.2. The van der Waals surface area contributed by atoms with Crippen molar-refractivity contribution in [2.45, 2.75) is 38.5 Å². The number of carboxylic acid groups (broad SMARTS) is 1. The summed E-state index contributed by atoms with van der Waals surface area (Å²) in [4.78, 5) is 11.1. The van der Waals surface area contributed by atoms with Crippen molar-refractivity contribution in [3.05, 3.63) is 34.3 Å². The molecule has 118 valence electrons. The van der Waals surface area contributed by atoms with Gasteiger partial charge in [-0.05, 0) is 30.0 Å². The number of carbonyl (C=O) groups is 1. The minimum absolute atomic E-state index is 0.0132. The summed E-state index contributed by atoms with van der Waals surface area (Å²) >= 11 is 3.16. The summed E-state index contributed by atoms with van der Waals surface area (Å²) in [6.45, 7) is 3.53. The van der Waals surface area contributed by atoms with E-state index in [9.17, 15) is 18.0 Å². The molecule has 0 aliphatic carbocycles. The van der Waals surface area contributed by atoms with E-state index in [1.165, 1.54) is 24.3 Å². The van der Waals surface area contributed by atoms with Gasteiger partial charge in [-0.1, -0.05) is 41.9 Å². The van der Waals surface area contributed by atoms with Gasteiger partial charge in [0.05, 0.1) is 0 Å². The lowest BCUT2D eigenvalue weighted by molar-refractivity contribution is -0.163. The van der Waals surface area contributed by atoms with Crippen LogP contribution in [0.25, 0.3) is 0 Å². The van der Waals surface area contributed by atoms with Crippen molar-refractivity contribution in [2.75, 3.05) is 0 Å². The first-order valence-corrected chi connectivity index (χ1v) is 7.21. The SMILES string of the molecule is CC(C)CC(NC(c1ccc(Br)cc1)C(F)(F)F)C(=O)O. The number of alkyl halides is 3. The zero-order valence-electron chi connectivity index (χ0n) is 11.6. The van der Waals surface area contributed by atoms with Gasteiger partial charge in [-0.3, -0.25) is 10.1 Å². The van der Waals surface area contributed by atoms with Crippen LogP contribution in [0.15, 0.2) is 28.7 Å². The molecular formula is C14H17BrF3NO2. The van der Waals surface area contributed by atoms with Crippen molar-refractivity contribution in [3.63, 3.8) is 0 Å². The predicted molar refractivity (Wildman–Crippen MR) is 77.0 cm³/mol. The van der Waals surface area contributed by atoms with Crippen molar-refractivity contribution in [3.8, 4) is 0 Å². The first kappa shape index (κ1) is 18.0. The summed E-state index contributed by atoms with van der Waals surface area (Å²) < 4.78 is 40.3. The van der Waals surface area contributed by atoms with Crippen LogP contribution in [0.5, 0.6) is 0 Å². The number of aliphatic carboxylic acids is 1. The molecule has 0 bridgehead atoms. The Morgan fingerprint density at radius 3 is 2.19 bits per heavy atom. The molecule has 0 saturated carbocycles. The van der Waals surface area contributed by atoms with E-state index in [4.69, 9.17) is 5.11 Å². The Morgan fingerprint density at radius 2 is 1.81 bits per heavy atom. The molecule has 0 amide bonds. The Labute approximate surface area is 129 Å². The van der Waals surface area contributed by atoms with Crippen LogP contribution in [0, 0.1) is 5.92 Å². The molecule has 0 spiro atoms. The van der Waals surface area contributed by atoms with Gasteiger partial charge < -0.3 is 5.11 Å². The molecule has 2 unspecified atom stereocenters. The zero-order valence-corrected chi connectivity index (χ0v) is 13.2. The molecule has 0 aliphatic heterocycles. The molecule has 7 heteroatoms. The summed E-state index contributed by atoms with van der Waals surface area (Å²) in [5, 5.41) is 11.3. The Morgan fingerprint density at radius 1 is 1.29 bits per heavy atom. The molecule has 1 aromatic rings. The number of hydrogen-bond donors (Lipinski definition) is 2. The molecular weight excluding hydrogens is 351 g/mol. The number of nitrogens with one attached hydrogen (secondary N) is 1. The lowest BCUT2D eigenvalue weighted by Gasteiger charge is -2.26. The van der Waals surface area contributed by atoms with Gasteiger partial charge in [0.15, 0.2) is 0 Å². The van der Waals surface area contributed by atoms with E-state index in [-0.39, 0.29) is 17.9 Å². The normalized spacial score (nSPS) is 15.0. The molecule has 0 saturated heterocycles. The highest BCUT2D eigenvalue weighted by Gasteiger charge is 2.42. The summed E-state index contributed by atoms with van der Waals surface area (Å²) in [5.41, 5.74) is -0.0132. The molecule has 2 N–H and O–H groups in total. The van der Waals surface area contributed by atoms with Crippen LogP contribution in [0.2, 0.25) is 0 Å². The Hall–Kier alpha value is -1.08. The highest BCUT2D eigenvalue weighted by molar-refractivity contribution is 9.10. The van der Waals surface area contributed by atoms with E-state index in [0.717, 1.165) is 0 Å². The number of carboxylic acids is 1. The van der Waals surface area contributed by atoms with Crippen molar-refractivity contribution >= 4 is 21.9 Å². The standard InChI is InChI=1S/C14H17BrF3NO2/c1-8(2)7-11(13(20)21)19-12(14(16,17)18)9-3-5-10(15)6-4-9/h3-6,8,11-12,19H,7H2,1-2H3,(H,20,21). The minimum atomic E-state index is -4.57. The molecule has 3 nitrogen and oxygen atoms in total. The van der Waals surface area contributed by atoms with Crippen LogP contribution in [0.1, 0.15) is 31.9 Å². The summed E-state index contributed by atoms with van der Waals surface area (Å²) in [6.07, 6.45) is -4.45. The van der Waals surface area contributed by atoms with Crippen LogP contribution in [-0.4, -0.2) is 23.3 Å². The van der Waals surface area contributed by atoms with E-state index < -0.39 is 24.2 Å². The van der Waals surface area contributed by atoms with Crippen LogP contribution in [0.4, 0.5) is 13.2 Å². The summed E-state index contributed by atoms with van der Waals surface area (Å²) in [5.74, 6) is -1.31. The van der Waals surface area contributed by atoms with Crippen molar-refractivity contribution < 1.29 is 23.1 Å². The van der Waals surface area contributed by atoms with Gasteiger partial charge in [-0.2, -0.15) is 13.2 Å². The molecule has 0 radical (unpaired) electrons. The molecule has 0 aliphatic rings. The molecule has 2 atom stereocenters. The van der Waals surface area contributed by atoms with Crippen molar-refractivity contribution in [1.82, 2.24) is 5.32 Å². The van der Waals surface area contributed by atoms with E-state index in [1.807, 2.05) is 0 Å². The molecule has 0 heterocycles. The second kappa shape index (κ2) is 7.26. The van der Waals surface area contributed by atoms with Gasteiger partial charge in [0, 0.05) is 4.47 Å². The average Bonchev–Trinajstić information content (AvgIpc) is 2.33. The Kier molecular flexibility index (Phi) is 6.22. The van der Waals surface area contributed by atoms with E-state index in [1.54, 1.807) is 13.8 Å².